The third-order valence-corrected chi connectivity index (χ3v) is 18.2. The average molecular weight is 1240 g/mol. The highest BCUT2D eigenvalue weighted by Gasteiger charge is 2.53. The Morgan fingerprint density at radius 2 is 0.663 bits per heavy atom. The van der Waals surface area contributed by atoms with E-state index in [0.29, 0.717) is 12.8 Å². The highest BCUT2D eigenvalue weighted by atomic mass is 16.8. The largest absolute Gasteiger partial charge is 0.394 e. The fraction of sp³-hybridized carbons (Fsp3) is 0.985. The van der Waals surface area contributed by atoms with Crippen LogP contribution < -0.4 is 5.32 Å². The Hall–Kier alpha value is -1.21. The summed E-state index contributed by atoms with van der Waals surface area (Å²) in [7, 11) is 0. The molecule has 1 amide bonds. The summed E-state index contributed by atoms with van der Waals surface area (Å²) in [6, 6.07) is -0.878. The van der Waals surface area contributed by atoms with Crippen LogP contribution in [0.15, 0.2) is 0 Å². The quantitative estimate of drug-likeness (QED) is 0.0253. The third kappa shape index (κ3) is 32.4. The van der Waals surface area contributed by atoms with Crippen LogP contribution in [0.2, 0.25) is 0 Å². The first-order chi connectivity index (χ1) is 41.8. The lowest BCUT2D eigenvalue weighted by molar-refractivity contribution is -0.379. The second-order valence-electron chi connectivity index (χ2n) is 25.7. The van der Waals surface area contributed by atoms with Crippen LogP contribution in [-0.4, -0.2) is 193 Å². The zero-order valence-electron chi connectivity index (χ0n) is 53.8. The van der Waals surface area contributed by atoms with E-state index < -0.39 is 124 Å². The fourth-order valence-corrected chi connectivity index (χ4v) is 12.4. The van der Waals surface area contributed by atoms with Gasteiger partial charge in [0.15, 0.2) is 18.9 Å². The molecule has 0 saturated carbocycles. The van der Waals surface area contributed by atoms with Crippen molar-refractivity contribution >= 4 is 5.91 Å². The van der Waals surface area contributed by atoms with Gasteiger partial charge in [0.1, 0.15) is 73.2 Å². The molecule has 3 fully saturated rings. The van der Waals surface area contributed by atoms with Crippen molar-refractivity contribution in [3.63, 3.8) is 0 Å². The van der Waals surface area contributed by atoms with E-state index in [0.717, 1.165) is 57.8 Å². The van der Waals surface area contributed by atoms with Crippen LogP contribution in [0.25, 0.3) is 0 Å². The van der Waals surface area contributed by atoms with Gasteiger partial charge < -0.3 is 89.9 Å². The molecule has 17 unspecified atom stereocenters. The third-order valence-electron chi connectivity index (χ3n) is 18.2. The van der Waals surface area contributed by atoms with Crippen molar-refractivity contribution in [1.82, 2.24) is 5.32 Å². The summed E-state index contributed by atoms with van der Waals surface area (Å²) in [5.41, 5.74) is 0. The molecule has 0 radical (unpaired) electrons. The zero-order valence-corrected chi connectivity index (χ0v) is 53.8. The van der Waals surface area contributed by atoms with Gasteiger partial charge in [-0.2, -0.15) is 0 Å². The minimum Gasteiger partial charge on any atom is -0.394 e. The van der Waals surface area contributed by atoms with E-state index >= 15 is 0 Å². The molecule has 0 aromatic carbocycles. The van der Waals surface area contributed by atoms with Gasteiger partial charge in [-0.1, -0.05) is 271 Å². The van der Waals surface area contributed by atoms with Crippen LogP contribution in [0.4, 0.5) is 0 Å². The van der Waals surface area contributed by atoms with E-state index in [2.05, 4.69) is 19.2 Å². The van der Waals surface area contributed by atoms with Gasteiger partial charge in [0, 0.05) is 6.42 Å². The Labute approximate surface area is 519 Å². The highest BCUT2D eigenvalue weighted by molar-refractivity contribution is 5.76. The van der Waals surface area contributed by atoms with Crippen molar-refractivity contribution < 1.29 is 89.4 Å². The molecule has 0 aromatic heterocycles. The van der Waals surface area contributed by atoms with Crippen molar-refractivity contribution in [1.29, 1.82) is 0 Å². The van der Waals surface area contributed by atoms with Crippen LogP contribution >= 0.6 is 0 Å². The summed E-state index contributed by atoms with van der Waals surface area (Å²) in [6.45, 7) is 1.74. The number of aliphatic hydroxyl groups excluding tert-OH is 11. The number of hydrogen-bond acceptors (Lipinski definition) is 18. The van der Waals surface area contributed by atoms with Gasteiger partial charge in [0.25, 0.3) is 0 Å². The fourth-order valence-electron chi connectivity index (χ4n) is 12.4. The number of aliphatic hydroxyl groups is 11. The molecule has 0 bridgehead atoms. The molecule has 0 spiro atoms. The average Bonchev–Trinajstić information content (AvgIpc) is 2.46. The molecule has 19 heteroatoms. The molecule has 0 aromatic rings. The monoisotopic (exact) mass is 1240 g/mol. The van der Waals surface area contributed by atoms with Crippen LogP contribution in [0.5, 0.6) is 0 Å². The molecule has 3 aliphatic heterocycles. The van der Waals surface area contributed by atoms with E-state index in [4.69, 9.17) is 28.4 Å². The molecule has 3 rings (SSSR count). The highest BCUT2D eigenvalue weighted by Crippen LogP contribution is 2.33. The van der Waals surface area contributed by atoms with E-state index in [-0.39, 0.29) is 18.9 Å². The maximum atomic E-state index is 13.3. The van der Waals surface area contributed by atoms with Gasteiger partial charge in [0.05, 0.1) is 38.6 Å². The molecule has 19 nitrogen and oxygen atoms in total. The number of nitrogens with one attached hydrogen (secondary N) is 1. The Kier molecular flexibility index (Phi) is 46.3. The standard InChI is InChI=1S/C67H129NO18/c1-3-5-7-9-11-12-13-14-15-16-17-18-19-20-21-22-23-24-25-26-27-28-29-30-31-32-33-34-35-36-37-38-39-41-43-45-55(73)68-50(51(72)44-42-40-10-8-6-4-2)49-81-65-61(79)58(76)63(53(47-70)83-65)86-67-62(80)59(77)64(54(48-71)84-67)85-66-60(78)57(75)56(74)52(46-69)82-66/h50-54,56-67,69-72,74-80H,3-49H2,1-2H3,(H,68,73). The van der Waals surface area contributed by atoms with Crippen molar-refractivity contribution in [2.75, 3.05) is 26.4 Å². The Morgan fingerprint density at radius 1 is 0.372 bits per heavy atom. The number of carbonyl (C=O) groups is 1. The summed E-state index contributed by atoms with van der Waals surface area (Å²) in [6.07, 6.45) is 27.3. The summed E-state index contributed by atoms with van der Waals surface area (Å²) in [4.78, 5) is 13.3. The van der Waals surface area contributed by atoms with Crippen LogP contribution in [0.3, 0.4) is 0 Å². The summed E-state index contributed by atoms with van der Waals surface area (Å²) in [5, 5.41) is 120. The van der Waals surface area contributed by atoms with Gasteiger partial charge in [-0.3, -0.25) is 4.79 Å². The summed E-state index contributed by atoms with van der Waals surface area (Å²) < 4.78 is 34.2. The van der Waals surface area contributed by atoms with Gasteiger partial charge in [-0.05, 0) is 12.8 Å². The number of ether oxygens (including phenoxy) is 6. The molecule has 86 heavy (non-hydrogen) atoms. The zero-order chi connectivity index (χ0) is 62.6. The maximum absolute atomic E-state index is 13.3. The van der Waals surface area contributed by atoms with Gasteiger partial charge in [-0.15, -0.1) is 0 Å². The molecule has 3 saturated heterocycles. The SMILES string of the molecule is CCCCCCCCCCCCCCCCCCCCCCCCCCCCCCCCCCCCCC(=O)NC(COC1OC(CO)C(OC2OC(CO)C(OC3OC(CO)C(O)C(O)C3O)C(O)C2O)C(O)C1O)C(O)CCCCCCCC. The molecule has 0 aliphatic carbocycles. The number of hydrogen-bond donors (Lipinski definition) is 12. The molecule has 3 heterocycles. The van der Waals surface area contributed by atoms with E-state index in [1.807, 2.05) is 0 Å². The van der Waals surface area contributed by atoms with Gasteiger partial charge >= 0.3 is 0 Å². The number of amides is 1. The molecular weight excluding hydrogens is 1110 g/mol. The molecule has 12 N–H and O–H groups in total. The Bertz CT molecular complexity index is 1570. The number of unbranched alkanes of at least 4 members (excludes halogenated alkanes) is 39. The maximum Gasteiger partial charge on any atom is 0.220 e. The lowest BCUT2D eigenvalue weighted by Gasteiger charge is -2.48. The second kappa shape index (κ2) is 50.4. The van der Waals surface area contributed by atoms with E-state index in [1.165, 1.54) is 199 Å². The lowest BCUT2D eigenvalue weighted by Crippen LogP contribution is -2.66. The van der Waals surface area contributed by atoms with E-state index in [1.54, 1.807) is 0 Å². The van der Waals surface area contributed by atoms with Gasteiger partial charge in [-0.25, -0.2) is 0 Å². The lowest BCUT2D eigenvalue weighted by atomic mass is 9.96. The summed E-state index contributed by atoms with van der Waals surface area (Å²) in [5.74, 6) is -0.242. The first-order valence-corrected chi connectivity index (χ1v) is 35.3. The molecule has 17 atom stereocenters. The first kappa shape index (κ1) is 79.0. The Morgan fingerprint density at radius 3 is 1.01 bits per heavy atom. The van der Waals surface area contributed by atoms with Crippen molar-refractivity contribution in [2.24, 2.45) is 0 Å². The first-order valence-electron chi connectivity index (χ1n) is 35.3. The van der Waals surface area contributed by atoms with Crippen LogP contribution in [0, 0.1) is 0 Å². The molecule has 3 aliphatic rings. The van der Waals surface area contributed by atoms with Crippen molar-refractivity contribution in [3.8, 4) is 0 Å². The van der Waals surface area contributed by atoms with Gasteiger partial charge in [0.2, 0.25) is 5.91 Å². The smallest absolute Gasteiger partial charge is 0.220 e. The minimum atomic E-state index is -1.97. The number of carbonyl (C=O) groups excluding carboxylic acids is 1. The predicted octanol–water partition coefficient (Wildman–Crippen LogP) is 9.11. The predicted molar refractivity (Wildman–Crippen MR) is 333 cm³/mol. The molecule has 510 valence electrons. The number of rotatable bonds is 55. The van der Waals surface area contributed by atoms with E-state index in [9.17, 15) is 61.0 Å². The normalized spacial score (nSPS) is 28.7. The minimum absolute atomic E-state index is 0.242. The van der Waals surface area contributed by atoms with Crippen LogP contribution in [-0.2, 0) is 33.2 Å². The van der Waals surface area contributed by atoms with Crippen molar-refractivity contribution in [2.45, 2.75) is 394 Å². The topological polar surface area (TPSA) is 307 Å². The molecular formula is C67H129NO18. The Balaban J connectivity index is 1.25. The summed E-state index contributed by atoms with van der Waals surface area (Å²) >= 11 is 0. The van der Waals surface area contributed by atoms with Crippen LogP contribution in [0.1, 0.15) is 290 Å². The second-order valence-corrected chi connectivity index (χ2v) is 25.7. The van der Waals surface area contributed by atoms with Crippen molar-refractivity contribution in [3.05, 3.63) is 0 Å².